The minimum Gasteiger partial charge on any atom is -0.355 e. The standard InChI is InChI=1S/C20H25ClN2OS/c1-23(2)14-6-13-22-19(24)15-25-20(16-7-4-3-5-8-16)17-9-11-18(21)12-10-17/h3-5,7-12,20H,6,13-15H2,1-2H3,(H,22,24). The minimum atomic E-state index is 0.0821. The summed E-state index contributed by atoms with van der Waals surface area (Å²) in [7, 11) is 4.07. The fraction of sp³-hybridized carbons (Fsp3) is 0.350. The lowest BCUT2D eigenvalue weighted by Crippen LogP contribution is -2.28. The van der Waals surface area contributed by atoms with Crippen molar-refractivity contribution in [3.63, 3.8) is 0 Å². The molecule has 3 nitrogen and oxygen atoms in total. The van der Waals surface area contributed by atoms with Crippen molar-refractivity contribution >= 4 is 29.3 Å². The molecule has 0 aliphatic carbocycles. The fourth-order valence-corrected chi connectivity index (χ4v) is 3.73. The molecule has 25 heavy (non-hydrogen) atoms. The molecular weight excluding hydrogens is 352 g/mol. The highest BCUT2D eigenvalue weighted by Gasteiger charge is 2.16. The number of nitrogens with zero attached hydrogens (tertiary/aromatic N) is 1. The first-order chi connectivity index (χ1) is 12.1. The summed E-state index contributed by atoms with van der Waals surface area (Å²) in [6.07, 6.45) is 0.961. The van der Waals surface area contributed by atoms with Crippen molar-refractivity contribution in [3.05, 3.63) is 70.7 Å². The zero-order chi connectivity index (χ0) is 18.1. The van der Waals surface area contributed by atoms with Crippen molar-refractivity contribution in [1.29, 1.82) is 0 Å². The first-order valence-corrected chi connectivity index (χ1v) is 9.82. The third-order valence-corrected chi connectivity index (χ3v) is 5.32. The molecule has 5 heteroatoms. The van der Waals surface area contributed by atoms with E-state index < -0.39 is 0 Å². The third-order valence-electron chi connectivity index (χ3n) is 3.76. The monoisotopic (exact) mass is 376 g/mol. The maximum atomic E-state index is 12.1. The molecule has 0 saturated heterocycles. The summed E-state index contributed by atoms with van der Waals surface area (Å²) in [5.41, 5.74) is 2.34. The second kappa shape index (κ2) is 10.5. The number of thioether (sulfide) groups is 1. The summed E-state index contributed by atoms with van der Waals surface area (Å²) in [5, 5.41) is 3.84. The zero-order valence-electron chi connectivity index (χ0n) is 14.7. The first kappa shape index (κ1) is 19.8. The molecule has 1 amide bonds. The lowest BCUT2D eigenvalue weighted by atomic mass is 10.0. The molecule has 0 fully saturated rings. The number of hydrogen-bond donors (Lipinski definition) is 1. The molecule has 0 aliphatic rings. The SMILES string of the molecule is CN(C)CCCNC(=O)CSC(c1ccccc1)c1ccc(Cl)cc1. The van der Waals surface area contributed by atoms with Gasteiger partial charge in [0.15, 0.2) is 0 Å². The third kappa shape index (κ3) is 7.10. The lowest BCUT2D eigenvalue weighted by Gasteiger charge is -2.18. The van der Waals surface area contributed by atoms with Gasteiger partial charge in [-0.3, -0.25) is 4.79 Å². The minimum absolute atomic E-state index is 0.0821. The molecule has 134 valence electrons. The maximum absolute atomic E-state index is 12.1. The molecule has 0 aliphatic heterocycles. The van der Waals surface area contributed by atoms with Crippen LogP contribution in [0.25, 0.3) is 0 Å². The van der Waals surface area contributed by atoms with Crippen molar-refractivity contribution in [2.24, 2.45) is 0 Å². The van der Waals surface area contributed by atoms with Crippen LogP contribution in [0.2, 0.25) is 5.02 Å². The Labute approximate surface area is 159 Å². The van der Waals surface area contributed by atoms with Gasteiger partial charge >= 0.3 is 0 Å². The lowest BCUT2D eigenvalue weighted by molar-refractivity contribution is -0.118. The molecule has 2 aromatic rings. The van der Waals surface area contributed by atoms with E-state index in [1.807, 2.05) is 56.6 Å². The first-order valence-electron chi connectivity index (χ1n) is 8.39. The largest absolute Gasteiger partial charge is 0.355 e. The molecule has 1 N–H and O–H groups in total. The smallest absolute Gasteiger partial charge is 0.230 e. The number of amides is 1. The summed E-state index contributed by atoms with van der Waals surface area (Å²) in [4.78, 5) is 14.3. The van der Waals surface area contributed by atoms with Crippen LogP contribution in [0.3, 0.4) is 0 Å². The predicted octanol–water partition coefficient (Wildman–Crippen LogP) is 4.23. The van der Waals surface area contributed by atoms with Gasteiger partial charge in [-0.1, -0.05) is 54.1 Å². The second-order valence-corrected chi connectivity index (χ2v) is 7.69. The average molecular weight is 377 g/mol. The van der Waals surface area contributed by atoms with E-state index in [9.17, 15) is 4.79 Å². The highest BCUT2D eigenvalue weighted by Crippen LogP contribution is 2.35. The van der Waals surface area contributed by atoms with E-state index in [1.165, 1.54) is 5.56 Å². The topological polar surface area (TPSA) is 32.3 Å². The van der Waals surface area contributed by atoms with E-state index in [0.717, 1.165) is 23.6 Å². The summed E-state index contributed by atoms with van der Waals surface area (Å²) >= 11 is 7.65. The molecule has 2 aromatic carbocycles. The van der Waals surface area contributed by atoms with E-state index >= 15 is 0 Å². The Balaban J connectivity index is 1.95. The summed E-state index contributed by atoms with van der Waals surface area (Å²) in [6, 6.07) is 18.1. The van der Waals surface area contributed by atoms with Gasteiger partial charge in [-0.05, 0) is 50.3 Å². The van der Waals surface area contributed by atoms with Gasteiger partial charge < -0.3 is 10.2 Å². The van der Waals surface area contributed by atoms with E-state index in [1.54, 1.807) is 11.8 Å². The van der Waals surface area contributed by atoms with Crippen LogP contribution in [0.1, 0.15) is 22.8 Å². The molecule has 0 spiro atoms. The van der Waals surface area contributed by atoms with Crippen LogP contribution in [-0.2, 0) is 4.79 Å². The molecule has 0 bridgehead atoms. The number of carbonyl (C=O) groups excluding carboxylic acids is 1. The van der Waals surface area contributed by atoms with Crippen LogP contribution in [0.5, 0.6) is 0 Å². The highest BCUT2D eigenvalue weighted by atomic mass is 35.5. The van der Waals surface area contributed by atoms with Gasteiger partial charge in [-0.2, -0.15) is 0 Å². The van der Waals surface area contributed by atoms with E-state index in [4.69, 9.17) is 11.6 Å². The molecule has 1 atom stereocenters. The summed E-state index contributed by atoms with van der Waals surface area (Å²) in [6.45, 7) is 1.69. The van der Waals surface area contributed by atoms with Crippen molar-refractivity contribution in [3.8, 4) is 0 Å². The van der Waals surface area contributed by atoms with E-state index in [-0.39, 0.29) is 11.2 Å². The summed E-state index contributed by atoms with van der Waals surface area (Å²) in [5.74, 6) is 0.517. The van der Waals surface area contributed by atoms with Crippen LogP contribution < -0.4 is 5.32 Å². The van der Waals surface area contributed by atoms with Gasteiger partial charge in [-0.15, -0.1) is 11.8 Å². The van der Waals surface area contributed by atoms with Gasteiger partial charge in [0.2, 0.25) is 5.91 Å². The van der Waals surface area contributed by atoms with Gasteiger partial charge in [0.1, 0.15) is 0 Å². The van der Waals surface area contributed by atoms with Crippen molar-refractivity contribution < 1.29 is 4.79 Å². The van der Waals surface area contributed by atoms with E-state index in [0.29, 0.717) is 12.3 Å². The van der Waals surface area contributed by atoms with Crippen LogP contribution in [0, 0.1) is 0 Å². The highest BCUT2D eigenvalue weighted by molar-refractivity contribution is 8.00. The quantitative estimate of drug-likeness (QED) is 0.664. The molecular formula is C20H25ClN2OS. The Morgan fingerprint density at radius 1 is 1.08 bits per heavy atom. The second-order valence-electron chi connectivity index (χ2n) is 6.16. The molecule has 0 saturated carbocycles. The van der Waals surface area contributed by atoms with Crippen LogP contribution >= 0.6 is 23.4 Å². The van der Waals surface area contributed by atoms with Crippen LogP contribution in [0.4, 0.5) is 0 Å². The number of nitrogens with one attached hydrogen (secondary N) is 1. The number of halogens is 1. The Morgan fingerprint density at radius 3 is 2.36 bits per heavy atom. The number of benzene rings is 2. The Kier molecular flexibility index (Phi) is 8.32. The number of carbonyl (C=O) groups is 1. The van der Waals surface area contributed by atoms with Gasteiger partial charge in [0.05, 0.1) is 11.0 Å². The number of rotatable bonds is 9. The summed E-state index contributed by atoms with van der Waals surface area (Å²) < 4.78 is 0. The van der Waals surface area contributed by atoms with Crippen molar-refractivity contribution in [2.45, 2.75) is 11.7 Å². The molecule has 0 aromatic heterocycles. The zero-order valence-corrected chi connectivity index (χ0v) is 16.3. The van der Waals surface area contributed by atoms with Crippen molar-refractivity contribution in [2.75, 3.05) is 32.9 Å². The Hall–Kier alpha value is -1.49. The van der Waals surface area contributed by atoms with Gasteiger partial charge in [0, 0.05) is 11.6 Å². The Morgan fingerprint density at radius 2 is 1.72 bits per heavy atom. The molecule has 1 unspecified atom stereocenters. The molecule has 2 rings (SSSR count). The number of hydrogen-bond acceptors (Lipinski definition) is 3. The average Bonchev–Trinajstić information content (AvgIpc) is 2.61. The molecule has 0 radical (unpaired) electrons. The van der Waals surface area contributed by atoms with Crippen molar-refractivity contribution in [1.82, 2.24) is 10.2 Å². The predicted molar refractivity (Wildman–Crippen MR) is 108 cm³/mol. The van der Waals surface area contributed by atoms with E-state index in [2.05, 4.69) is 22.3 Å². The molecule has 0 heterocycles. The maximum Gasteiger partial charge on any atom is 0.230 e. The van der Waals surface area contributed by atoms with Crippen LogP contribution in [-0.4, -0.2) is 43.7 Å². The van der Waals surface area contributed by atoms with Gasteiger partial charge in [0.25, 0.3) is 0 Å². The van der Waals surface area contributed by atoms with Crippen LogP contribution in [0.15, 0.2) is 54.6 Å². The van der Waals surface area contributed by atoms with Gasteiger partial charge in [-0.25, -0.2) is 0 Å². The Bertz CT molecular complexity index is 647. The normalized spacial score (nSPS) is 12.2. The fourth-order valence-electron chi connectivity index (χ4n) is 2.48.